The lowest BCUT2D eigenvalue weighted by atomic mass is 9.82. The molecule has 0 N–H and O–H groups in total. The lowest BCUT2D eigenvalue weighted by Crippen LogP contribution is -2.35. The summed E-state index contributed by atoms with van der Waals surface area (Å²) in [5, 5.41) is 0.737. The maximum Gasteiger partial charge on any atom is 0.146 e. The summed E-state index contributed by atoms with van der Waals surface area (Å²) in [7, 11) is 0. The fourth-order valence-electron chi connectivity index (χ4n) is 3.44. The summed E-state index contributed by atoms with van der Waals surface area (Å²) in [6.45, 7) is 9.95. The number of carbonyl (C=O) groups excluding carboxylic acids is 1. The van der Waals surface area contributed by atoms with Crippen LogP contribution in [0.25, 0.3) is 6.08 Å². The van der Waals surface area contributed by atoms with Crippen LogP contribution in [0.15, 0.2) is 61.2 Å². The van der Waals surface area contributed by atoms with Crippen molar-refractivity contribution >= 4 is 24.0 Å². The molecule has 0 radical (unpaired) electrons. The summed E-state index contributed by atoms with van der Waals surface area (Å²) in [5.74, 6) is 0.222. The van der Waals surface area contributed by atoms with Crippen molar-refractivity contribution in [1.82, 2.24) is 4.90 Å². The first-order valence-electron chi connectivity index (χ1n) is 7.97. The van der Waals surface area contributed by atoms with Crippen LogP contribution in [0.3, 0.4) is 0 Å². The summed E-state index contributed by atoms with van der Waals surface area (Å²) < 4.78 is 0. The van der Waals surface area contributed by atoms with Crippen molar-refractivity contribution in [3.05, 3.63) is 88.5 Å². The quantitative estimate of drug-likeness (QED) is 0.583. The SMILES string of the molecule is C=Cc1ccccc1[C@H]1CN(CC(=C)C=O)Cc2cc(Cl)ccc21. The fourth-order valence-corrected chi connectivity index (χ4v) is 3.63. The Kier molecular flexibility index (Phi) is 4.98. The van der Waals surface area contributed by atoms with Gasteiger partial charge in [-0.25, -0.2) is 0 Å². The van der Waals surface area contributed by atoms with Crippen LogP contribution >= 0.6 is 11.6 Å². The lowest BCUT2D eigenvalue weighted by molar-refractivity contribution is -0.105. The molecule has 0 saturated carbocycles. The molecule has 0 bridgehead atoms. The van der Waals surface area contributed by atoms with E-state index >= 15 is 0 Å². The second kappa shape index (κ2) is 7.16. The summed E-state index contributed by atoms with van der Waals surface area (Å²) in [4.78, 5) is 13.2. The highest BCUT2D eigenvalue weighted by atomic mass is 35.5. The van der Waals surface area contributed by atoms with Crippen LogP contribution in [0, 0.1) is 0 Å². The van der Waals surface area contributed by atoms with Gasteiger partial charge in [-0.15, -0.1) is 0 Å². The molecular weight excluding hydrogens is 318 g/mol. The molecule has 1 aliphatic rings. The Morgan fingerprint density at radius 2 is 2.04 bits per heavy atom. The molecule has 0 aliphatic carbocycles. The number of hydrogen-bond donors (Lipinski definition) is 0. The predicted octanol–water partition coefficient (Wildman–Crippen LogP) is 4.69. The molecule has 122 valence electrons. The Morgan fingerprint density at radius 1 is 1.25 bits per heavy atom. The number of aldehydes is 1. The minimum atomic E-state index is 0.222. The number of hydrogen-bond acceptors (Lipinski definition) is 2. The minimum Gasteiger partial charge on any atom is -0.298 e. The number of benzene rings is 2. The predicted molar refractivity (Wildman–Crippen MR) is 100 cm³/mol. The average molecular weight is 338 g/mol. The van der Waals surface area contributed by atoms with Gasteiger partial charge in [0.25, 0.3) is 0 Å². The van der Waals surface area contributed by atoms with Crippen LogP contribution in [0.4, 0.5) is 0 Å². The Morgan fingerprint density at radius 3 is 2.79 bits per heavy atom. The molecule has 0 amide bonds. The molecule has 0 saturated heterocycles. The van der Waals surface area contributed by atoms with Crippen molar-refractivity contribution in [3.63, 3.8) is 0 Å². The first-order valence-corrected chi connectivity index (χ1v) is 8.35. The standard InChI is InChI=1S/C21H20ClNO/c1-3-16-6-4-5-7-19(16)21-13-23(11-15(2)14-24)12-17-10-18(22)8-9-20(17)21/h3-10,14,21H,1-2,11-13H2/t21-/m1/s1. The Hall–Kier alpha value is -2.16. The van der Waals surface area contributed by atoms with E-state index in [-0.39, 0.29) is 5.92 Å². The fraction of sp³-hybridized carbons (Fsp3) is 0.190. The van der Waals surface area contributed by atoms with E-state index in [0.29, 0.717) is 12.1 Å². The van der Waals surface area contributed by atoms with E-state index in [1.807, 2.05) is 24.3 Å². The van der Waals surface area contributed by atoms with Crippen LogP contribution in [0.2, 0.25) is 5.02 Å². The van der Waals surface area contributed by atoms with Crippen LogP contribution in [0.5, 0.6) is 0 Å². The Balaban J connectivity index is 2.05. The number of halogens is 1. The number of fused-ring (bicyclic) bond motifs is 1. The minimum absolute atomic E-state index is 0.222. The molecule has 1 heterocycles. The van der Waals surface area contributed by atoms with E-state index in [4.69, 9.17) is 11.6 Å². The molecule has 0 unspecified atom stereocenters. The van der Waals surface area contributed by atoms with E-state index in [1.165, 1.54) is 16.7 Å². The lowest BCUT2D eigenvalue weighted by Gasteiger charge is -2.35. The van der Waals surface area contributed by atoms with Crippen molar-refractivity contribution < 1.29 is 4.79 Å². The van der Waals surface area contributed by atoms with Crippen LogP contribution in [-0.4, -0.2) is 24.3 Å². The molecule has 2 aromatic carbocycles. The molecule has 0 spiro atoms. The molecule has 1 atom stereocenters. The second-order valence-corrected chi connectivity index (χ2v) is 6.61. The monoisotopic (exact) mass is 337 g/mol. The number of rotatable bonds is 5. The molecule has 2 nitrogen and oxygen atoms in total. The van der Waals surface area contributed by atoms with Crippen molar-refractivity contribution in [2.24, 2.45) is 0 Å². The maximum atomic E-state index is 11.0. The van der Waals surface area contributed by atoms with Gasteiger partial charge in [0.05, 0.1) is 0 Å². The van der Waals surface area contributed by atoms with E-state index in [0.717, 1.165) is 30.0 Å². The highest BCUT2D eigenvalue weighted by Gasteiger charge is 2.27. The summed E-state index contributed by atoms with van der Waals surface area (Å²) >= 11 is 6.20. The van der Waals surface area contributed by atoms with E-state index in [2.05, 4.69) is 42.3 Å². The molecular formula is C21H20ClNO. The largest absolute Gasteiger partial charge is 0.298 e. The molecule has 0 fully saturated rings. The highest BCUT2D eigenvalue weighted by molar-refractivity contribution is 6.30. The van der Waals surface area contributed by atoms with Gasteiger partial charge >= 0.3 is 0 Å². The van der Waals surface area contributed by atoms with E-state index in [1.54, 1.807) is 0 Å². The average Bonchev–Trinajstić information content (AvgIpc) is 2.60. The van der Waals surface area contributed by atoms with Gasteiger partial charge in [0.1, 0.15) is 6.29 Å². The number of nitrogens with zero attached hydrogens (tertiary/aromatic N) is 1. The van der Waals surface area contributed by atoms with E-state index < -0.39 is 0 Å². The van der Waals surface area contributed by atoms with Crippen molar-refractivity contribution in [2.45, 2.75) is 12.5 Å². The van der Waals surface area contributed by atoms with Gasteiger partial charge < -0.3 is 0 Å². The van der Waals surface area contributed by atoms with Crippen molar-refractivity contribution in [1.29, 1.82) is 0 Å². The second-order valence-electron chi connectivity index (χ2n) is 6.17. The first-order chi connectivity index (χ1) is 11.6. The van der Waals surface area contributed by atoms with Gasteiger partial charge in [0, 0.05) is 30.6 Å². The zero-order valence-electron chi connectivity index (χ0n) is 13.5. The third-order valence-electron chi connectivity index (χ3n) is 4.50. The topological polar surface area (TPSA) is 20.3 Å². The van der Waals surface area contributed by atoms with Gasteiger partial charge in [0.2, 0.25) is 0 Å². The Labute approximate surface area is 148 Å². The van der Waals surface area contributed by atoms with Gasteiger partial charge in [-0.3, -0.25) is 9.69 Å². The first kappa shape index (κ1) is 16.7. The third-order valence-corrected chi connectivity index (χ3v) is 4.73. The van der Waals surface area contributed by atoms with Gasteiger partial charge in [-0.1, -0.05) is 61.2 Å². The normalized spacial score (nSPS) is 17.1. The summed E-state index contributed by atoms with van der Waals surface area (Å²) in [5.41, 5.74) is 5.48. The van der Waals surface area contributed by atoms with E-state index in [9.17, 15) is 4.79 Å². The van der Waals surface area contributed by atoms with Gasteiger partial charge in [0.15, 0.2) is 0 Å². The van der Waals surface area contributed by atoms with Crippen LogP contribution in [-0.2, 0) is 11.3 Å². The Bertz CT molecular complexity index is 796. The third kappa shape index (κ3) is 3.35. The van der Waals surface area contributed by atoms with Gasteiger partial charge in [-0.2, -0.15) is 0 Å². The maximum absolute atomic E-state index is 11.0. The molecule has 3 heteroatoms. The van der Waals surface area contributed by atoms with Gasteiger partial charge in [-0.05, 0) is 40.0 Å². The van der Waals surface area contributed by atoms with Crippen LogP contribution < -0.4 is 0 Å². The van der Waals surface area contributed by atoms with Crippen molar-refractivity contribution in [2.75, 3.05) is 13.1 Å². The summed E-state index contributed by atoms with van der Waals surface area (Å²) in [6.07, 6.45) is 2.73. The molecule has 24 heavy (non-hydrogen) atoms. The summed E-state index contributed by atoms with van der Waals surface area (Å²) in [6, 6.07) is 14.4. The van der Waals surface area contributed by atoms with Crippen LogP contribution in [0.1, 0.15) is 28.2 Å². The van der Waals surface area contributed by atoms with Crippen molar-refractivity contribution in [3.8, 4) is 0 Å². The molecule has 1 aliphatic heterocycles. The highest BCUT2D eigenvalue weighted by Crippen LogP contribution is 2.36. The molecule has 0 aromatic heterocycles. The molecule has 3 rings (SSSR count). The molecule has 2 aromatic rings. The zero-order valence-corrected chi connectivity index (χ0v) is 14.3. The smallest absolute Gasteiger partial charge is 0.146 e. The number of carbonyl (C=O) groups is 1. The zero-order chi connectivity index (χ0) is 17.1.